The van der Waals surface area contributed by atoms with Gasteiger partial charge in [-0.1, -0.05) is 0 Å². The predicted octanol–water partition coefficient (Wildman–Crippen LogP) is 3.72. The lowest BCUT2D eigenvalue weighted by atomic mass is 10.0. The number of carbonyl (C=O) groups excluding carboxylic acids is 3. The highest BCUT2D eigenvalue weighted by Crippen LogP contribution is 2.49. The van der Waals surface area contributed by atoms with Gasteiger partial charge >= 0.3 is 0 Å². The molecule has 8 nitrogen and oxygen atoms in total. The van der Waals surface area contributed by atoms with Crippen molar-refractivity contribution in [1.82, 2.24) is 4.98 Å². The molecule has 0 spiro atoms. The Morgan fingerprint density at radius 1 is 1.00 bits per heavy atom. The van der Waals surface area contributed by atoms with Crippen LogP contribution in [-0.4, -0.2) is 22.7 Å². The van der Waals surface area contributed by atoms with E-state index >= 15 is 8.78 Å². The molecule has 2 aromatic carbocycles. The van der Waals surface area contributed by atoms with Crippen molar-refractivity contribution in [2.75, 3.05) is 10.2 Å². The Hall–Kier alpha value is -4.41. The number of primary amides is 1. The lowest BCUT2D eigenvalue weighted by Gasteiger charge is -2.27. The Morgan fingerprint density at radius 3 is 2.37 bits per heavy atom. The van der Waals surface area contributed by atoms with E-state index in [-0.39, 0.29) is 42.4 Å². The van der Waals surface area contributed by atoms with Gasteiger partial charge in [-0.25, -0.2) is 13.8 Å². The van der Waals surface area contributed by atoms with E-state index in [9.17, 15) is 18.8 Å². The Balaban J connectivity index is 1.55. The fraction of sp³-hybridized carbons (Fsp3) is 0.167. The van der Waals surface area contributed by atoms with Crippen LogP contribution in [0.15, 0.2) is 48.7 Å². The summed E-state index contributed by atoms with van der Waals surface area (Å²) in [6, 6.07) is 8.12. The molecule has 1 saturated carbocycles. The minimum Gasteiger partial charge on any atom is -0.454 e. The number of pyridine rings is 1. The number of carbonyl (C=O) groups is 3. The van der Waals surface area contributed by atoms with E-state index in [4.69, 9.17) is 10.5 Å². The summed E-state index contributed by atoms with van der Waals surface area (Å²) in [6.07, 6.45) is 1.62. The second kappa shape index (κ2) is 8.12. The summed E-state index contributed by atoms with van der Waals surface area (Å²) in [6.45, 7) is 0. The standard InChI is InChI=1S/C24H17F3N4O4/c25-12-1-3-13(4-2-12)31(23(34)24(8-9-24)22(28)33)15-5-6-17(20(27)19(15)26)35-16-7-10-29-21-14(16)11-18(32)30-21/h1-7,10H,8-9,11H2,(H2,28,33)(H,29,30,32). The molecule has 5 rings (SSSR count). The van der Waals surface area contributed by atoms with Gasteiger partial charge in [0.05, 0.1) is 12.1 Å². The van der Waals surface area contributed by atoms with Gasteiger partial charge in [0, 0.05) is 17.4 Å². The zero-order chi connectivity index (χ0) is 24.9. The molecule has 1 aliphatic heterocycles. The molecular formula is C24H17F3N4O4. The van der Waals surface area contributed by atoms with Crippen molar-refractivity contribution < 1.29 is 32.3 Å². The number of aromatic nitrogens is 1. The smallest absolute Gasteiger partial charge is 0.247 e. The quantitative estimate of drug-likeness (QED) is 0.520. The Labute approximate surface area is 196 Å². The van der Waals surface area contributed by atoms with Crippen LogP contribution in [0.5, 0.6) is 11.5 Å². The third-order valence-corrected chi connectivity index (χ3v) is 6.01. The molecule has 0 radical (unpaired) electrons. The van der Waals surface area contributed by atoms with Crippen molar-refractivity contribution in [2.45, 2.75) is 19.3 Å². The number of ether oxygens (including phenoxy) is 1. The van der Waals surface area contributed by atoms with Crippen LogP contribution in [0.25, 0.3) is 0 Å². The van der Waals surface area contributed by atoms with Crippen LogP contribution < -0.4 is 20.7 Å². The van der Waals surface area contributed by atoms with Gasteiger partial charge in [0.2, 0.25) is 23.5 Å². The zero-order valence-corrected chi connectivity index (χ0v) is 18.0. The summed E-state index contributed by atoms with van der Waals surface area (Å²) >= 11 is 0. The number of fused-ring (bicyclic) bond motifs is 1. The molecule has 2 aliphatic rings. The molecule has 2 heterocycles. The molecular weight excluding hydrogens is 465 g/mol. The summed E-state index contributed by atoms with van der Waals surface area (Å²) in [5.74, 6) is -5.62. The van der Waals surface area contributed by atoms with Crippen LogP contribution >= 0.6 is 0 Å². The molecule has 0 bridgehead atoms. The van der Waals surface area contributed by atoms with E-state index in [0.717, 1.165) is 29.2 Å². The molecule has 3 aromatic rings. The summed E-state index contributed by atoms with van der Waals surface area (Å²) < 4.78 is 49.6. The van der Waals surface area contributed by atoms with Gasteiger partial charge < -0.3 is 15.8 Å². The lowest BCUT2D eigenvalue weighted by molar-refractivity contribution is -0.133. The van der Waals surface area contributed by atoms with E-state index in [1.165, 1.54) is 24.4 Å². The normalized spacial score (nSPS) is 15.2. The topological polar surface area (TPSA) is 115 Å². The molecule has 3 N–H and O–H groups in total. The molecule has 0 unspecified atom stereocenters. The number of anilines is 3. The molecule has 35 heavy (non-hydrogen) atoms. The van der Waals surface area contributed by atoms with Gasteiger partial charge in [-0.15, -0.1) is 0 Å². The van der Waals surface area contributed by atoms with E-state index in [0.29, 0.717) is 5.56 Å². The maximum absolute atomic E-state index is 15.4. The van der Waals surface area contributed by atoms with Crippen molar-refractivity contribution in [3.8, 4) is 11.5 Å². The fourth-order valence-electron chi connectivity index (χ4n) is 3.94. The number of hydrogen-bond acceptors (Lipinski definition) is 5. The first-order valence-corrected chi connectivity index (χ1v) is 10.5. The monoisotopic (exact) mass is 482 g/mol. The molecule has 11 heteroatoms. The molecule has 1 aromatic heterocycles. The molecule has 1 aliphatic carbocycles. The first kappa shape index (κ1) is 22.4. The SMILES string of the molecule is NC(=O)C1(C(=O)N(c2ccc(F)cc2)c2ccc(Oc3ccnc4c3CC(=O)N4)c(F)c2F)CC1. The third-order valence-electron chi connectivity index (χ3n) is 6.01. The average molecular weight is 482 g/mol. The molecule has 1 fully saturated rings. The van der Waals surface area contributed by atoms with E-state index in [2.05, 4.69) is 10.3 Å². The summed E-state index contributed by atoms with van der Waals surface area (Å²) in [4.78, 5) is 41.8. The first-order valence-electron chi connectivity index (χ1n) is 10.5. The third kappa shape index (κ3) is 3.74. The molecule has 0 atom stereocenters. The number of benzene rings is 2. The summed E-state index contributed by atoms with van der Waals surface area (Å²) in [5.41, 5.74) is 3.77. The molecule has 0 saturated heterocycles. The lowest BCUT2D eigenvalue weighted by Crippen LogP contribution is -2.41. The van der Waals surface area contributed by atoms with Gasteiger partial charge in [0.15, 0.2) is 11.6 Å². The van der Waals surface area contributed by atoms with Gasteiger partial charge in [-0.2, -0.15) is 4.39 Å². The van der Waals surface area contributed by atoms with Gasteiger partial charge in [0.1, 0.15) is 22.8 Å². The highest BCUT2D eigenvalue weighted by Gasteiger charge is 2.57. The van der Waals surface area contributed by atoms with Crippen LogP contribution in [0.4, 0.5) is 30.4 Å². The van der Waals surface area contributed by atoms with Crippen molar-refractivity contribution in [1.29, 1.82) is 0 Å². The van der Waals surface area contributed by atoms with Gasteiger partial charge in [0.25, 0.3) is 0 Å². The maximum Gasteiger partial charge on any atom is 0.247 e. The number of nitrogens with zero attached hydrogens (tertiary/aromatic N) is 2. The minimum atomic E-state index is -1.55. The first-order chi connectivity index (χ1) is 16.7. The van der Waals surface area contributed by atoms with Crippen LogP contribution in [-0.2, 0) is 20.8 Å². The second-order valence-corrected chi connectivity index (χ2v) is 8.24. The number of amides is 3. The van der Waals surface area contributed by atoms with Gasteiger partial charge in [-0.05, 0) is 55.3 Å². The van der Waals surface area contributed by atoms with E-state index in [1.807, 2.05) is 0 Å². The average Bonchev–Trinajstić information content (AvgIpc) is 3.56. The largest absolute Gasteiger partial charge is 0.454 e. The van der Waals surface area contributed by atoms with E-state index in [1.54, 1.807) is 0 Å². The predicted molar refractivity (Wildman–Crippen MR) is 117 cm³/mol. The Kier molecular flexibility index (Phi) is 5.19. The number of halogens is 3. The highest BCUT2D eigenvalue weighted by molar-refractivity contribution is 6.16. The van der Waals surface area contributed by atoms with Crippen LogP contribution in [0.1, 0.15) is 18.4 Å². The summed E-state index contributed by atoms with van der Waals surface area (Å²) in [7, 11) is 0. The minimum absolute atomic E-state index is 0.0208. The van der Waals surface area contributed by atoms with Crippen LogP contribution in [0, 0.1) is 22.9 Å². The Morgan fingerprint density at radius 2 is 1.71 bits per heavy atom. The molecule has 3 amide bonds. The van der Waals surface area contributed by atoms with Crippen molar-refractivity contribution >= 4 is 34.9 Å². The highest BCUT2D eigenvalue weighted by atomic mass is 19.2. The number of nitrogens with one attached hydrogen (secondary N) is 1. The van der Waals surface area contributed by atoms with Crippen molar-refractivity contribution in [3.63, 3.8) is 0 Å². The second-order valence-electron chi connectivity index (χ2n) is 8.24. The number of nitrogens with two attached hydrogens (primary N) is 1. The summed E-state index contributed by atoms with van der Waals surface area (Å²) in [5, 5.41) is 2.53. The van der Waals surface area contributed by atoms with Gasteiger partial charge in [-0.3, -0.25) is 19.3 Å². The zero-order valence-electron chi connectivity index (χ0n) is 18.0. The fourth-order valence-corrected chi connectivity index (χ4v) is 3.94. The van der Waals surface area contributed by atoms with E-state index < -0.39 is 46.1 Å². The maximum atomic E-state index is 15.4. The number of rotatable bonds is 6. The van der Waals surface area contributed by atoms with Crippen molar-refractivity contribution in [2.24, 2.45) is 11.1 Å². The molecule has 178 valence electrons. The van der Waals surface area contributed by atoms with Crippen LogP contribution in [0.2, 0.25) is 0 Å². The van der Waals surface area contributed by atoms with Crippen molar-refractivity contribution in [3.05, 3.63) is 71.7 Å². The number of hydrogen-bond donors (Lipinski definition) is 2. The Bertz CT molecular complexity index is 1390. The van der Waals surface area contributed by atoms with Crippen LogP contribution in [0.3, 0.4) is 0 Å².